The number of rotatable bonds is 3. The molecule has 1 aromatic carbocycles. The van der Waals surface area contributed by atoms with Gasteiger partial charge in [-0.25, -0.2) is 4.98 Å². The highest BCUT2D eigenvalue weighted by Crippen LogP contribution is 2.17. The van der Waals surface area contributed by atoms with Crippen LogP contribution in [0.4, 0.5) is 0 Å². The summed E-state index contributed by atoms with van der Waals surface area (Å²) in [5.74, 6) is -0.0517. The molecule has 4 heteroatoms. The Labute approximate surface area is 93.9 Å². The first-order valence-electron chi connectivity index (χ1n) is 5.07. The number of aromatic nitrogens is 2. The number of carbonyl (C=O) groups is 1. The molecule has 0 bridgehead atoms. The zero-order valence-electron chi connectivity index (χ0n) is 9.00. The van der Waals surface area contributed by atoms with Crippen molar-refractivity contribution in [2.45, 2.75) is 6.04 Å². The average molecular weight is 215 g/mol. The number of hydrogen-bond acceptors (Lipinski definition) is 2. The van der Waals surface area contributed by atoms with Gasteiger partial charge in [0.15, 0.2) is 0 Å². The van der Waals surface area contributed by atoms with Gasteiger partial charge in [-0.3, -0.25) is 4.79 Å². The minimum Gasteiger partial charge on any atom is -0.357 e. The van der Waals surface area contributed by atoms with Gasteiger partial charge in [-0.2, -0.15) is 0 Å². The summed E-state index contributed by atoms with van der Waals surface area (Å²) in [6.45, 7) is 0. The van der Waals surface area contributed by atoms with E-state index in [2.05, 4.69) is 10.3 Å². The first-order chi connectivity index (χ1) is 7.83. The van der Waals surface area contributed by atoms with E-state index < -0.39 is 0 Å². The van der Waals surface area contributed by atoms with Gasteiger partial charge >= 0.3 is 0 Å². The van der Waals surface area contributed by atoms with Gasteiger partial charge in [0.1, 0.15) is 6.04 Å². The molecular formula is C12H13N3O. The van der Waals surface area contributed by atoms with Crippen LogP contribution >= 0.6 is 0 Å². The van der Waals surface area contributed by atoms with Gasteiger partial charge in [0.05, 0.1) is 6.33 Å². The zero-order valence-corrected chi connectivity index (χ0v) is 9.00. The molecule has 1 amide bonds. The second-order valence-corrected chi connectivity index (χ2v) is 3.44. The Morgan fingerprint density at radius 1 is 1.38 bits per heavy atom. The first kappa shape index (κ1) is 10.4. The predicted molar refractivity (Wildman–Crippen MR) is 60.9 cm³/mol. The van der Waals surface area contributed by atoms with Crippen LogP contribution in [-0.4, -0.2) is 22.5 Å². The van der Waals surface area contributed by atoms with Crippen molar-refractivity contribution in [1.82, 2.24) is 14.9 Å². The van der Waals surface area contributed by atoms with Crippen molar-refractivity contribution in [3.63, 3.8) is 0 Å². The fraction of sp³-hybridized carbons (Fsp3) is 0.167. The number of carbonyl (C=O) groups excluding carboxylic acids is 1. The summed E-state index contributed by atoms with van der Waals surface area (Å²) < 4.78 is 1.79. The highest BCUT2D eigenvalue weighted by atomic mass is 16.2. The number of hydrogen-bond donors (Lipinski definition) is 1. The van der Waals surface area contributed by atoms with Gasteiger partial charge in [-0.15, -0.1) is 0 Å². The van der Waals surface area contributed by atoms with Gasteiger partial charge < -0.3 is 9.88 Å². The van der Waals surface area contributed by atoms with Crippen LogP contribution in [-0.2, 0) is 4.79 Å². The quantitative estimate of drug-likeness (QED) is 0.836. The van der Waals surface area contributed by atoms with Crippen molar-refractivity contribution < 1.29 is 4.79 Å². The van der Waals surface area contributed by atoms with Crippen LogP contribution < -0.4 is 5.32 Å². The fourth-order valence-corrected chi connectivity index (χ4v) is 1.65. The SMILES string of the molecule is CNC(=O)C(c1ccccc1)n1ccnc1. The summed E-state index contributed by atoms with van der Waals surface area (Å²) in [5, 5.41) is 2.66. The van der Waals surface area contributed by atoms with E-state index in [0.29, 0.717) is 0 Å². The van der Waals surface area contributed by atoms with E-state index in [0.717, 1.165) is 5.56 Å². The van der Waals surface area contributed by atoms with Crippen LogP contribution in [0.15, 0.2) is 49.1 Å². The van der Waals surface area contributed by atoms with Crippen LogP contribution in [0.3, 0.4) is 0 Å². The molecule has 2 aromatic rings. The average Bonchev–Trinajstić information content (AvgIpc) is 2.84. The van der Waals surface area contributed by atoms with Crippen LogP contribution in [0.25, 0.3) is 0 Å². The van der Waals surface area contributed by atoms with Gasteiger partial charge in [0.25, 0.3) is 0 Å². The van der Waals surface area contributed by atoms with Crippen LogP contribution in [0.5, 0.6) is 0 Å². The third kappa shape index (κ3) is 1.95. The van der Waals surface area contributed by atoms with Crippen molar-refractivity contribution in [2.24, 2.45) is 0 Å². The van der Waals surface area contributed by atoms with Gasteiger partial charge in [-0.05, 0) is 5.56 Å². The van der Waals surface area contributed by atoms with E-state index in [1.54, 1.807) is 30.3 Å². The Kier molecular flexibility index (Phi) is 3.00. The van der Waals surface area contributed by atoms with E-state index in [9.17, 15) is 4.79 Å². The second-order valence-electron chi connectivity index (χ2n) is 3.44. The third-order valence-electron chi connectivity index (χ3n) is 2.43. The molecule has 2 rings (SSSR count). The Balaban J connectivity index is 2.40. The number of amides is 1. The van der Waals surface area contributed by atoms with E-state index in [4.69, 9.17) is 0 Å². The molecule has 1 N–H and O–H groups in total. The summed E-state index contributed by atoms with van der Waals surface area (Å²) in [5.41, 5.74) is 0.944. The number of nitrogens with one attached hydrogen (secondary N) is 1. The molecule has 1 heterocycles. The first-order valence-corrected chi connectivity index (χ1v) is 5.07. The molecule has 0 spiro atoms. The number of nitrogens with zero attached hydrogens (tertiary/aromatic N) is 2. The highest BCUT2D eigenvalue weighted by Gasteiger charge is 2.20. The number of benzene rings is 1. The van der Waals surface area contributed by atoms with Crippen molar-refractivity contribution in [1.29, 1.82) is 0 Å². The Bertz CT molecular complexity index is 450. The minimum absolute atomic E-state index is 0.0517. The van der Waals surface area contributed by atoms with Crippen LogP contribution in [0, 0.1) is 0 Å². The van der Waals surface area contributed by atoms with Crippen LogP contribution in [0.1, 0.15) is 11.6 Å². The lowest BCUT2D eigenvalue weighted by Gasteiger charge is -2.16. The molecule has 0 fully saturated rings. The molecule has 0 saturated carbocycles. The lowest BCUT2D eigenvalue weighted by atomic mass is 10.1. The maximum absolute atomic E-state index is 11.9. The lowest BCUT2D eigenvalue weighted by molar-refractivity contribution is -0.122. The summed E-state index contributed by atoms with van der Waals surface area (Å²) in [4.78, 5) is 15.8. The lowest BCUT2D eigenvalue weighted by Crippen LogP contribution is -2.30. The third-order valence-corrected chi connectivity index (χ3v) is 2.43. The molecule has 0 radical (unpaired) electrons. The van der Waals surface area contributed by atoms with Crippen molar-refractivity contribution in [2.75, 3.05) is 7.05 Å². The summed E-state index contributed by atoms with van der Waals surface area (Å²) >= 11 is 0. The fourth-order valence-electron chi connectivity index (χ4n) is 1.65. The molecule has 82 valence electrons. The van der Waals surface area contributed by atoms with Gasteiger partial charge in [-0.1, -0.05) is 30.3 Å². The molecule has 0 saturated heterocycles. The Hall–Kier alpha value is -2.10. The number of likely N-dealkylation sites (N-methyl/N-ethyl adjacent to an activating group) is 1. The van der Waals surface area contributed by atoms with Crippen molar-refractivity contribution in [3.05, 3.63) is 54.6 Å². The summed E-state index contributed by atoms with van der Waals surface area (Å²) in [6, 6.07) is 9.27. The van der Waals surface area contributed by atoms with E-state index >= 15 is 0 Å². The highest BCUT2D eigenvalue weighted by molar-refractivity contribution is 5.83. The number of imidazole rings is 1. The van der Waals surface area contributed by atoms with Gasteiger partial charge in [0, 0.05) is 19.4 Å². The molecule has 0 aliphatic rings. The smallest absolute Gasteiger partial charge is 0.247 e. The Morgan fingerprint density at radius 3 is 2.69 bits per heavy atom. The predicted octanol–water partition coefficient (Wildman–Crippen LogP) is 1.22. The zero-order chi connectivity index (χ0) is 11.4. The molecule has 0 aliphatic heterocycles. The summed E-state index contributed by atoms with van der Waals surface area (Å²) in [6.07, 6.45) is 5.10. The molecule has 0 aliphatic carbocycles. The largest absolute Gasteiger partial charge is 0.357 e. The van der Waals surface area contributed by atoms with E-state index in [1.807, 2.05) is 30.3 Å². The molecule has 1 unspecified atom stereocenters. The van der Waals surface area contributed by atoms with E-state index in [-0.39, 0.29) is 11.9 Å². The molecule has 1 aromatic heterocycles. The topological polar surface area (TPSA) is 46.9 Å². The summed E-state index contributed by atoms with van der Waals surface area (Å²) in [7, 11) is 1.63. The van der Waals surface area contributed by atoms with E-state index in [1.165, 1.54) is 0 Å². The molecular weight excluding hydrogens is 202 g/mol. The molecule has 4 nitrogen and oxygen atoms in total. The van der Waals surface area contributed by atoms with Crippen LogP contribution in [0.2, 0.25) is 0 Å². The maximum atomic E-state index is 11.9. The van der Waals surface area contributed by atoms with Crippen molar-refractivity contribution >= 4 is 5.91 Å². The minimum atomic E-state index is -0.353. The molecule has 1 atom stereocenters. The standard InChI is InChI=1S/C12H13N3O/c1-13-12(16)11(15-8-7-14-9-15)10-5-3-2-4-6-10/h2-9,11H,1H3,(H,13,16). The normalized spacial score (nSPS) is 12.1. The monoisotopic (exact) mass is 215 g/mol. The molecule has 16 heavy (non-hydrogen) atoms. The van der Waals surface area contributed by atoms with Crippen molar-refractivity contribution in [3.8, 4) is 0 Å². The Morgan fingerprint density at radius 2 is 2.12 bits per heavy atom. The second kappa shape index (κ2) is 4.61. The maximum Gasteiger partial charge on any atom is 0.247 e. The van der Waals surface area contributed by atoms with Gasteiger partial charge in [0.2, 0.25) is 5.91 Å².